The second-order valence-corrected chi connectivity index (χ2v) is 8.56. The Kier molecular flexibility index (Phi) is 6.12. The second kappa shape index (κ2) is 8.55. The third-order valence-corrected chi connectivity index (χ3v) is 5.00. The van der Waals surface area contributed by atoms with E-state index < -0.39 is 0 Å². The molecule has 1 fully saturated rings. The molecule has 0 unspecified atom stereocenters. The van der Waals surface area contributed by atoms with Crippen LogP contribution in [-0.2, 0) is 6.42 Å². The average molecular weight is 380 g/mol. The SMILES string of the molecule is CC(C)(C)NC(=O)c1ccnc(C(=O)N2CCC(Cc3ccccc3)CC2)c1. The highest BCUT2D eigenvalue weighted by molar-refractivity contribution is 5.98. The molecule has 28 heavy (non-hydrogen) atoms. The molecule has 0 atom stereocenters. The Bertz CT molecular complexity index is 819. The highest BCUT2D eigenvalue weighted by atomic mass is 16.2. The monoisotopic (exact) mass is 379 g/mol. The highest BCUT2D eigenvalue weighted by Crippen LogP contribution is 2.22. The van der Waals surface area contributed by atoms with Crippen molar-refractivity contribution in [1.29, 1.82) is 0 Å². The van der Waals surface area contributed by atoms with Crippen LogP contribution in [-0.4, -0.2) is 40.3 Å². The van der Waals surface area contributed by atoms with Crippen LogP contribution in [0, 0.1) is 5.92 Å². The van der Waals surface area contributed by atoms with Crippen molar-refractivity contribution in [2.24, 2.45) is 5.92 Å². The minimum atomic E-state index is -0.328. The summed E-state index contributed by atoms with van der Waals surface area (Å²) in [4.78, 5) is 31.3. The van der Waals surface area contributed by atoms with Crippen molar-refractivity contribution >= 4 is 11.8 Å². The number of carbonyl (C=O) groups is 2. The van der Waals surface area contributed by atoms with Crippen molar-refractivity contribution in [3.63, 3.8) is 0 Å². The lowest BCUT2D eigenvalue weighted by atomic mass is 9.90. The van der Waals surface area contributed by atoms with Gasteiger partial charge in [-0.15, -0.1) is 0 Å². The molecular formula is C23H29N3O2. The first-order valence-corrected chi connectivity index (χ1v) is 9.93. The molecule has 1 N–H and O–H groups in total. The molecule has 2 amide bonds. The zero-order valence-electron chi connectivity index (χ0n) is 16.9. The van der Waals surface area contributed by atoms with E-state index in [0.717, 1.165) is 32.4 Å². The van der Waals surface area contributed by atoms with Crippen molar-refractivity contribution in [1.82, 2.24) is 15.2 Å². The van der Waals surface area contributed by atoms with E-state index in [-0.39, 0.29) is 17.4 Å². The maximum atomic E-state index is 12.9. The maximum absolute atomic E-state index is 12.9. The first-order chi connectivity index (χ1) is 13.3. The van der Waals surface area contributed by atoms with Crippen LogP contribution in [0.2, 0.25) is 0 Å². The Hall–Kier alpha value is -2.69. The van der Waals surface area contributed by atoms with Crippen LogP contribution in [0.1, 0.15) is 60.0 Å². The van der Waals surface area contributed by atoms with Crippen LogP contribution in [0.4, 0.5) is 0 Å². The van der Waals surface area contributed by atoms with E-state index in [2.05, 4.69) is 34.6 Å². The molecule has 5 heteroatoms. The van der Waals surface area contributed by atoms with Gasteiger partial charge in [0.05, 0.1) is 0 Å². The molecule has 148 valence electrons. The Morgan fingerprint density at radius 3 is 2.43 bits per heavy atom. The fourth-order valence-electron chi connectivity index (χ4n) is 3.55. The first kappa shape index (κ1) is 20.1. The van der Waals surface area contributed by atoms with E-state index in [1.807, 2.05) is 31.7 Å². The van der Waals surface area contributed by atoms with Gasteiger partial charge < -0.3 is 10.2 Å². The quantitative estimate of drug-likeness (QED) is 0.881. The first-order valence-electron chi connectivity index (χ1n) is 9.93. The summed E-state index contributed by atoms with van der Waals surface area (Å²) in [6.45, 7) is 7.25. The molecular weight excluding hydrogens is 350 g/mol. The molecule has 3 rings (SSSR count). The average Bonchev–Trinajstić information content (AvgIpc) is 2.68. The molecule has 1 saturated heterocycles. The van der Waals surface area contributed by atoms with E-state index in [4.69, 9.17) is 0 Å². The fraction of sp³-hybridized carbons (Fsp3) is 0.435. The number of piperidine rings is 1. The predicted molar refractivity (Wildman–Crippen MR) is 110 cm³/mol. The van der Waals surface area contributed by atoms with Crippen LogP contribution in [0.25, 0.3) is 0 Å². The molecule has 1 aromatic carbocycles. The third-order valence-electron chi connectivity index (χ3n) is 5.00. The second-order valence-electron chi connectivity index (χ2n) is 8.56. The van der Waals surface area contributed by atoms with Gasteiger partial charge in [-0.2, -0.15) is 0 Å². The topological polar surface area (TPSA) is 62.3 Å². The number of pyridine rings is 1. The van der Waals surface area contributed by atoms with E-state index in [1.165, 1.54) is 11.8 Å². The number of hydrogen-bond donors (Lipinski definition) is 1. The standard InChI is InChI=1S/C23H29N3O2/c1-23(2,3)25-21(27)19-9-12-24-20(16-19)22(28)26-13-10-18(11-14-26)15-17-7-5-4-6-8-17/h4-9,12,16,18H,10-11,13-15H2,1-3H3,(H,25,27). The largest absolute Gasteiger partial charge is 0.347 e. The van der Waals surface area contributed by atoms with Gasteiger partial charge in [0.25, 0.3) is 11.8 Å². The molecule has 2 heterocycles. The molecule has 1 aliphatic rings. The minimum absolute atomic E-state index is 0.0939. The van der Waals surface area contributed by atoms with Gasteiger partial charge in [0, 0.05) is 30.4 Å². The number of aromatic nitrogens is 1. The lowest BCUT2D eigenvalue weighted by Gasteiger charge is -2.32. The van der Waals surface area contributed by atoms with Crippen molar-refractivity contribution in [3.05, 3.63) is 65.5 Å². The van der Waals surface area contributed by atoms with Gasteiger partial charge >= 0.3 is 0 Å². The molecule has 2 aromatic rings. The lowest BCUT2D eigenvalue weighted by molar-refractivity contribution is 0.0684. The maximum Gasteiger partial charge on any atom is 0.272 e. The molecule has 0 aliphatic carbocycles. The molecule has 0 bridgehead atoms. The summed E-state index contributed by atoms with van der Waals surface area (Å²) in [7, 11) is 0. The molecule has 1 aromatic heterocycles. The summed E-state index contributed by atoms with van der Waals surface area (Å²) in [5, 5.41) is 2.92. The molecule has 1 aliphatic heterocycles. The van der Waals surface area contributed by atoms with Crippen LogP contribution in [0.5, 0.6) is 0 Å². The van der Waals surface area contributed by atoms with Crippen molar-refractivity contribution in [3.8, 4) is 0 Å². The number of hydrogen-bond acceptors (Lipinski definition) is 3. The summed E-state index contributed by atoms with van der Waals surface area (Å²) in [6.07, 6.45) is 4.58. The molecule has 0 radical (unpaired) electrons. The molecule has 0 spiro atoms. The summed E-state index contributed by atoms with van der Waals surface area (Å²) in [6, 6.07) is 13.7. The Labute approximate surface area is 167 Å². The van der Waals surface area contributed by atoms with E-state index in [0.29, 0.717) is 17.2 Å². The minimum Gasteiger partial charge on any atom is -0.347 e. The predicted octanol–water partition coefficient (Wildman–Crippen LogP) is 3.70. The van der Waals surface area contributed by atoms with Crippen molar-refractivity contribution in [2.45, 2.75) is 45.6 Å². The van der Waals surface area contributed by atoms with Crippen molar-refractivity contribution in [2.75, 3.05) is 13.1 Å². The van der Waals surface area contributed by atoms with Crippen molar-refractivity contribution < 1.29 is 9.59 Å². The van der Waals surface area contributed by atoms with Gasteiger partial charge in [-0.3, -0.25) is 14.6 Å². The zero-order chi connectivity index (χ0) is 20.1. The Morgan fingerprint density at radius 2 is 1.79 bits per heavy atom. The van der Waals surface area contributed by atoms with Gasteiger partial charge in [0.15, 0.2) is 0 Å². The van der Waals surface area contributed by atoms with Crippen LogP contribution in [0.3, 0.4) is 0 Å². The Morgan fingerprint density at radius 1 is 1.11 bits per heavy atom. The fourth-order valence-corrected chi connectivity index (χ4v) is 3.55. The van der Waals surface area contributed by atoms with Gasteiger partial charge in [0.1, 0.15) is 5.69 Å². The molecule has 0 saturated carbocycles. The number of benzene rings is 1. The number of nitrogens with zero attached hydrogens (tertiary/aromatic N) is 2. The summed E-state index contributed by atoms with van der Waals surface area (Å²) >= 11 is 0. The highest BCUT2D eigenvalue weighted by Gasteiger charge is 2.25. The van der Waals surface area contributed by atoms with Crippen LogP contribution in [0.15, 0.2) is 48.7 Å². The Balaban J connectivity index is 1.59. The molecule has 5 nitrogen and oxygen atoms in total. The number of nitrogens with one attached hydrogen (secondary N) is 1. The van der Waals surface area contributed by atoms with Gasteiger partial charge in [-0.1, -0.05) is 30.3 Å². The van der Waals surface area contributed by atoms with Gasteiger partial charge in [-0.05, 0) is 63.6 Å². The van der Waals surface area contributed by atoms with E-state index in [9.17, 15) is 9.59 Å². The third kappa shape index (κ3) is 5.41. The number of rotatable bonds is 4. The number of carbonyl (C=O) groups excluding carboxylic acids is 2. The smallest absolute Gasteiger partial charge is 0.272 e. The van der Waals surface area contributed by atoms with Crippen LogP contribution >= 0.6 is 0 Å². The summed E-state index contributed by atoms with van der Waals surface area (Å²) in [5.41, 5.74) is 1.83. The van der Waals surface area contributed by atoms with E-state index in [1.54, 1.807) is 12.1 Å². The van der Waals surface area contributed by atoms with Gasteiger partial charge in [0.2, 0.25) is 0 Å². The van der Waals surface area contributed by atoms with Crippen LogP contribution < -0.4 is 5.32 Å². The van der Waals surface area contributed by atoms with Gasteiger partial charge in [-0.25, -0.2) is 0 Å². The zero-order valence-corrected chi connectivity index (χ0v) is 16.9. The van der Waals surface area contributed by atoms with E-state index >= 15 is 0 Å². The number of likely N-dealkylation sites (tertiary alicyclic amines) is 1. The normalized spacial score (nSPS) is 15.3. The lowest BCUT2D eigenvalue weighted by Crippen LogP contribution is -2.41. The number of amides is 2. The summed E-state index contributed by atoms with van der Waals surface area (Å²) < 4.78 is 0. The summed E-state index contributed by atoms with van der Waals surface area (Å²) in [5.74, 6) is 0.317.